The van der Waals surface area contributed by atoms with E-state index >= 15 is 0 Å². The summed E-state index contributed by atoms with van der Waals surface area (Å²) in [6, 6.07) is 4.20. The molecule has 0 heterocycles. The molecule has 1 aromatic rings. The number of anilines is 1. The van der Waals surface area contributed by atoms with Crippen molar-refractivity contribution in [3.05, 3.63) is 23.8 Å². The lowest BCUT2D eigenvalue weighted by molar-refractivity contribution is -0.133. The van der Waals surface area contributed by atoms with Crippen LogP contribution in [0.5, 0.6) is 5.75 Å². The largest absolute Gasteiger partial charge is 0.482 e. The molecule has 1 rings (SSSR count). The number of benzene rings is 1. The molecule has 104 valence electrons. The summed E-state index contributed by atoms with van der Waals surface area (Å²) < 4.78 is 5.28. The van der Waals surface area contributed by atoms with E-state index in [0.29, 0.717) is 5.69 Å². The SMILES string of the molecule is CC(C)N(C)C(=O)COc1cc(C(=O)O)ccc1N. The van der Waals surface area contributed by atoms with Gasteiger partial charge in [0.05, 0.1) is 11.3 Å². The molecule has 19 heavy (non-hydrogen) atoms. The molecule has 0 aliphatic heterocycles. The fraction of sp³-hybridized carbons (Fsp3) is 0.385. The number of ether oxygens (including phenoxy) is 1. The van der Waals surface area contributed by atoms with E-state index in [1.807, 2.05) is 13.8 Å². The third kappa shape index (κ3) is 3.87. The minimum Gasteiger partial charge on any atom is -0.482 e. The highest BCUT2D eigenvalue weighted by Crippen LogP contribution is 2.22. The van der Waals surface area contributed by atoms with E-state index in [1.165, 1.54) is 23.1 Å². The van der Waals surface area contributed by atoms with Gasteiger partial charge in [-0.3, -0.25) is 4.79 Å². The van der Waals surface area contributed by atoms with Crippen LogP contribution in [0.15, 0.2) is 18.2 Å². The molecule has 0 aliphatic carbocycles. The third-order valence-electron chi connectivity index (χ3n) is 2.78. The second kappa shape index (κ2) is 6.08. The number of aromatic carboxylic acids is 1. The van der Waals surface area contributed by atoms with E-state index in [9.17, 15) is 9.59 Å². The summed E-state index contributed by atoms with van der Waals surface area (Å²) in [4.78, 5) is 24.1. The lowest BCUT2D eigenvalue weighted by Gasteiger charge is -2.21. The molecule has 0 aromatic heterocycles. The van der Waals surface area contributed by atoms with Crippen LogP contribution in [-0.4, -0.2) is 41.6 Å². The maximum atomic E-state index is 11.7. The van der Waals surface area contributed by atoms with Gasteiger partial charge in [0.1, 0.15) is 5.75 Å². The quantitative estimate of drug-likeness (QED) is 0.781. The number of carboxylic acid groups (broad SMARTS) is 1. The Hall–Kier alpha value is -2.24. The van der Waals surface area contributed by atoms with Crippen molar-refractivity contribution in [3.63, 3.8) is 0 Å². The highest BCUT2D eigenvalue weighted by molar-refractivity contribution is 5.89. The summed E-state index contributed by atoms with van der Waals surface area (Å²) >= 11 is 0. The normalized spacial score (nSPS) is 10.3. The molecule has 3 N–H and O–H groups in total. The molecule has 1 amide bonds. The van der Waals surface area contributed by atoms with E-state index in [-0.39, 0.29) is 29.9 Å². The van der Waals surface area contributed by atoms with Crippen LogP contribution in [0.4, 0.5) is 5.69 Å². The van der Waals surface area contributed by atoms with Crippen molar-refractivity contribution < 1.29 is 19.4 Å². The Morgan fingerprint density at radius 1 is 1.42 bits per heavy atom. The van der Waals surface area contributed by atoms with Gasteiger partial charge < -0.3 is 20.5 Å². The van der Waals surface area contributed by atoms with Crippen LogP contribution in [0.25, 0.3) is 0 Å². The number of rotatable bonds is 5. The van der Waals surface area contributed by atoms with E-state index in [0.717, 1.165) is 0 Å². The van der Waals surface area contributed by atoms with Gasteiger partial charge >= 0.3 is 5.97 Å². The van der Waals surface area contributed by atoms with Gasteiger partial charge in [0.2, 0.25) is 0 Å². The number of carbonyl (C=O) groups is 2. The fourth-order valence-electron chi connectivity index (χ4n) is 1.32. The van der Waals surface area contributed by atoms with Crippen molar-refractivity contribution in [2.45, 2.75) is 19.9 Å². The van der Waals surface area contributed by atoms with Crippen molar-refractivity contribution in [3.8, 4) is 5.75 Å². The number of hydrogen-bond acceptors (Lipinski definition) is 4. The highest BCUT2D eigenvalue weighted by atomic mass is 16.5. The second-order valence-electron chi connectivity index (χ2n) is 4.44. The zero-order chi connectivity index (χ0) is 14.6. The summed E-state index contributed by atoms with van der Waals surface area (Å²) in [6.07, 6.45) is 0. The Balaban J connectivity index is 2.75. The monoisotopic (exact) mass is 266 g/mol. The van der Waals surface area contributed by atoms with E-state index in [4.69, 9.17) is 15.6 Å². The van der Waals surface area contributed by atoms with Crippen LogP contribution < -0.4 is 10.5 Å². The molecule has 1 aromatic carbocycles. The second-order valence-corrected chi connectivity index (χ2v) is 4.44. The first kappa shape index (κ1) is 14.8. The Morgan fingerprint density at radius 3 is 2.58 bits per heavy atom. The van der Waals surface area contributed by atoms with Crippen molar-refractivity contribution in [2.75, 3.05) is 19.4 Å². The van der Waals surface area contributed by atoms with Gasteiger partial charge in [-0.15, -0.1) is 0 Å². The first-order chi connectivity index (χ1) is 8.82. The number of hydrogen-bond donors (Lipinski definition) is 2. The molecule has 0 unspecified atom stereocenters. The average Bonchev–Trinajstić information content (AvgIpc) is 2.35. The number of nitrogens with zero attached hydrogens (tertiary/aromatic N) is 1. The van der Waals surface area contributed by atoms with Crippen molar-refractivity contribution in [1.82, 2.24) is 4.90 Å². The molecule has 0 saturated carbocycles. The lowest BCUT2D eigenvalue weighted by Crippen LogP contribution is -2.36. The van der Waals surface area contributed by atoms with Crippen LogP contribution in [0.1, 0.15) is 24.2 Å². The Morgan fingerprint density at radius 2 is 2.05 bits per heavy atom. The smallest absolute Gasteiger partial charge is 0.335 e. The molecular formula is C13H18N2O4. The van der Waals surface area contributed by atoms with Gasteiger partial charge in [0, 0.05) is 13.1 Å². The van der Waals surface area contributed by atoms with E-state index in [2.05, 4.69) is 0 Å². The fourth-order valence-corrected chi connectivity index (χ4v) is 1.32. The molecular weight excluding hydrogens is 248 g/mol. The third-order valence-corrected chi connectivity index (χ3v) is 2.78. The average molecular weight is 266 g/mol. The molecule has 6 heteroatoms. The molecule has 0 saturated heterocycles. The first-order valence-electron chi connectivity index (χ1n) is 5.84. The molecule has 0 radical (unpaired) electrons. The molecule has 0 bridgehead atoms. The number of likely N-dealkylation sites (N-methyl/N-ethyl adjacent to an activating group) is 1. The first-order valence-corrected chi connectivity index (χ1v) is 5.84. The number of carbonyl (C=O) groups excluding carboxylic acids is 1. The van der Waals surface area contributed by atoms with Crippen molar-refractivity contribution in [1.29, 1.82) is 0 Å². The molecule has 6 nitrogen and oxygen atoms in total. The number of amides is 1. The van der Waals surface area contributed by atoms with Crippen LogP contribution in [0.2, 0.25) is 0 Å². The van der Waals surface area contributed by atoms with E-state index < -0.39 is 5.97 Å². The van der Waals surface area contributed by atoms with Gasteiger partial charge in [0.15, 0.2) is 6.61 Å². The van der Waals surface area contributed by atoms with Crippen LogP contribution >= 0.6 is 0 Å². The number of carboxylic acids is 1. The predicted octanol–water partition coefficient (Wildman–Crippen LogP) is 1.21. The van der Waals surface area contributed by atoms with Crippen molar-refractivity contribution >= 4 is 17.6 Å². The molecule has 0 aliphatic rings. The Bertz CT molecular complexity index is 486. The summed E-state index contributed by atoms with van der Waals surface area (Å²) in [5, 5.41) is 8.87. The van der Waals surface area contributed by atoms with Crippen LogP contribution in [-0.2, 0) is 4.79 Å². The lowest BCUT2D eigenvalue weighted by atomic mass is 10.2. The standard InChI is InChI=1S/C13H18N2O4/c1-8(2)15(3)12(16)7-19-11-6-9(13(17)18)4-5-10(11)14/h4-6,8H,7,14H2,1-3H3,(H,17,18). The summed E-state index contributed by atoms with van der Waals surface area (Å²) in [6.45, 7) is 3.59. The summed E-state index contributed by atoms with van der Waals surface area (Å²) in [5.41, 5.74) is 6.03. The maximum Gasteiger partial charge on any atom is 0.335 e. The number of nitrogen functional groups attached to an aromatic ring is 1. The number of nitrogens with two attached hydrogens (primary N) is 1. The van der Waals surface area contributed by atoms with Gasteiger partial charge in [0.25, 0.3) is 5.91 Å². The van der Waals surface area contributed by atoms with Crippen molar-refractivity contribution in [2.24, 2.45) is 0 Å². The zero-order valence-electron chi connectivity index (χ0n) is 11.2. The molecule has 0 fully saturated rings. The maximum absolute atomic E-state index is 11.7. The van der Waals surface area contributed by atoms with Gasteiger partial charge in [-0.05, 0) is 32.0 Å². The Labute approximate surface area is 111 Å². The Kier molecular flexibility index (Phi) is 4.74. The van der Waals surface area contributed by atoms with Gasteiger partial charge in [-0.2, -0.15) is 0 Å². The summed E-state index contributed by atoms with van der Waals surface area (Å²) in [5.74, 6) is -1.07. The molecule has 0 atom stereocenters. The minimum atomic E-state index is -1.07. The summed E-state index contributed by atoms with van der Waals surface area (Å²) in [7, 11) is 1.67. The highest BCUT2D eigenvalue weighted by Gasteiger charge is 2.14. The molecule has 0 spiro atoms. The van der Waals surface area contributed by atoms with Gasteiger partial charge in [-0.1, -0.05) is 0 Å². The van der Waals surface area contributed by atoms with E-state index in [1.54, 1.807) is 7.05 Å². The minimum absolute atomic E-state index is 0.0638. The predicted molar refractivity (Wildman–Crippen MR) is 71.2 cm³/mol. The van der Waals surface area contributed by atoms with Crippen LogP contribution in [0, 0.1) is 0 Å². The topological polar surface area (TPSA) is 92.9 Å². The van der Waals surface area contributed by atoms with Crippen LogP contribution in [0.3, 0.4) is 0 Å². The zero-order valence-corrected chi connectivity index (χ0v) is 11.2. The van der Waals surface area contributed by atoms with Gasteiger partial charge in [-0.25, -0.2) is 4.79 Å².